The molecule has 3 rings (SSSR count). The van der Waals surface area contributed by atoms with Crippen LogP contribution >= 0.6 is 22.9 Å². The number of nitrogens with two attached hydrogens (primary N) is 1. The third-order valence-electron chi connectivity index (χ3n) is 3.60. The van der Waals surface area contributed by atoms with E-state index in [-0.39, 0.29) is 6.04 Å². The van der Waals surface area contributed by atoms with E-state index in [2.05, 4.69) is 18.2 Å². The van der Waals surface area contributed by atoms with Crippen LogP contribution in [-0.2, 0) is 19.3 Å². The van der Waals surface area contributed by atoms with Crippen LogP contribution in [0.2, 0.25) is 5.02 Å². The van der Waals surface area contributed by atoms with Gasteiger partial charge in [-0.05, 0) is 53.8 Å². The predicted molar refractivity (Wildman–Crippen MR) is 78.4 cm³/mol. The van der Waals surface area contributed by atoms with E-state index in [4.69, 9.17) is 17.3 Å². The van der Waals surface area contributed by atoms with Crippen molar-refractivity contribution in [2.24, 2.45) is 5.73 Å². The first kappa shape index (κ1) is 12.2. The number of rotatable bonds is 3. The predicted octanol–water partition coefficient (Wildman–Crippen LogP) is 4.13. The maximum absolute atomic E-state index is 6.24. The molecule has 0 fully saturated rings. The van der Waals surface area contributed by atoms with Crippen LogP contribution in [0.5, 0.6) is 0 Å². The van der Waals surface area contributed by atoms with Crippen LogP contribution in [0.4, 0.5) is 0 Å². The lowest BCUT2D eigenvalue weighted by Gasteiger charge is -2.11. The lowest BCUT2D eigenvalue weighted by molar-refractivity contribution is 0.736. The molecular weight excluding hydrogens is 262 g/mol. The zero-order valence-corrected chi connectivity index (χ0v) is 11.7. The van der Waals surface area contributed by atoms with Gasteiger partial charge in [0.05, 0.1) is 5.02 Å². The molecule has 0 bridgehead atoms. The third-order valence-corrected chi connectivity index (χ3v) is 5.09. The fourth-order valence-electron chi connectivity index (χ4n) is 2.67. The van der Waals surface area contributed by atoms with E-state index in [1.807, 2.05) is 11.4 Å². The molecule has 1 aliphatic carbocycles. The van der Waals surface area contributed by atoms with Crippen molar-refractivity contribution in [3.63, 3.8) is 0 Å². The monoisotopic (exact) mass is 277 g/mol. The minimum absolute atomic E-state index is 0.0111. The summed E-state index contributed by atoms with van der Waals surface area (Å²) in [4.78, 5) is 1.09. The molecular formula is C15H16ClNS. The lowest BCUT2D eigenvalue weighted by atomic mass is 10.0. The smallest absolute Gasteiger partial charge is 0.0561 e. The van der Waals surface area contributed by atoms with Crippen molar-refractivity contribution in [2.75, 3.05) is 0 Å². The van der Waals surface area contributed by atoms with Crippen molar-refractivity contribution in [1.82, 2.24) is 0 Å². The number of hydrogen-bond acceptors (Lipinski definition) is 2. The zero-order chi connectivity index (χ0) is 12.5. The van der Waals surface area contributed by atoms with E-state index >= 15 is 0 Å². The van der Waals surface area contributed by atoms with Crippen LogP contribution in [0.1, 0.15) is 34.0 Å². The molecule has 0 spiro atoms. The Morgan fingerprint density at radius 3 is 2.83 bits per heavy atom. The highest BCUT2D eigenvalue weighted by atomic mass is 35.5. The fraction of sp³-hybridized carbons (Fsp3) is 0.333. The Balaban J connectivity index is 1.79. The molecule has 1 heterocycles. The van der Waals surface area contributed by atoms with Gasteiger partial charge in [0.1, 0.15) is 0 Å². The minimum atomic E-state index is 0.0111. The van der Waals surface area contributed by atoms with Crippen LogP contribution in [-0.4, -0.2) is 0 Å². The van der Waals surface area contributed by atoms with E-state index < -0.39 is 0 Å². The van der Waals surface area contributed by atoms with Crippen LogP contribution < -0.4 is 5.73 Å². The summed E-state index contributed by atoms with van der Waals surface area (Å²) in [5, 5.41) is 2.80. The van der Waals surface area contributed by atoms with Gasteiger partial charge in [-0.15, -0.1) is 11.3 Å². The first-order valence-electron chi connectivity index (χ1n) is 6.33. The molecule has 1 atom stereocenters. The Bertz CT molecular complexity index is 561. The van der Waals surface area contributed by atoms with Gasteiger partial charge in [-0.3, -0.25) is 0 Å². The Hall–Kier alpha value is -0.830. The summed E-state index contributed by atoms with van der Waals surface area (Å²) in [6, 6.07) is 8.73. The number of hydrogen-bond donors (Lipinski definition) is 1. The summed E-state index contributed by atoms with van der Waals surface area (Å²) >= 11 is 7.77. The van der Waals surface area contributed by atoms with Gasteiger partial charge in [0.25, 0.3) is 0 Å². The van der Waals surface area contributed by atoms with E-state index in [0.29, 0.717) is 0 Å². The average molecular weight is 278 g/mol. The maximum Gasteiger partial charge on any atom is 0.0561 e. The van der Waals surface area contributed by atoms with Gasteiger partial charge in [0.2, 0.25) is 0 Å². The summed E-state index contributed by atoms with van der Waals surface area (Å²) in [5.41, 5.74) is 10.6. The van der Waals surface area contributed by atoms with Crippen LogP contribution in [0.15, 0.2) is 29.6 Å². The molecule has 1 unspecified atom stereocenters. The van der Waals surface area contributed by atoms with Crippen molar-refractivity contribution < 1.29 is 0 Å². The van der Waals surface area contributed by atoms with Crippen LogP contribution in [0, 0.1) is 0 Å². The summed E-state index contributed by atoms with van der Waals surface area (Å²) in [7, 11) is 0. The molecule has 0 saturated heterocycles. The molecule has 1 aromatic carbocycles. The molecule has 0 saturated carbocycles. The highest BCUT2D eigenvalue weighted by Gasteiger charge is 2.15. The second-order valence-corrected chi connectivity index (χ2v) is 6.25. The SMILES string of the molecule is NC(Cc1ccc2c(c1)CCC2)c1sccc1Cl. The zero-order valence-electron chi connectivity index (χ0n) is 10.2. The highest BCUT2D eigenvalue weighted by molar-refractivity contribution is 7.10. The first-order valence-corrected chi connectivity index (χ1v) is 7.59. The Morgan fingerprint density at radius 2 is 2.06 bits per heavy atom. The fourth-order valence-corrected chi connectivity index (χ4v) is 3.87. The summed E-state index contributed by atoms with van der Waals surface area (Å²) < 4.78 is 0. The van der Waals surface area contributed by atoms with Gasteiger partial charge in [0, 0.05) is 10.9 Å². The third kappa shape index (κ3) is 2.33. The van der Waals surface area contributed by atoms with Gasteiger partial charge < -0.3 is 5.73 Å². The minimum Gasteiger partial charge on any atom is -0.323 e. The number of aryl methyl sites for hydroxylation is 2. The Labute approximate surface area is 117 Å². The number of benzene rings is 1. The van der Waals surface area contributed by atoms with E-state index in [1.54, 1.807) is 11.3 Å². The normalized spacial score (nSPS) is 15.7. The molecule has 1 aromatic heterocycles. The van der Waals surface area contributed by atoms with Gasteiger partial charge in [0.15, 0.2) is 0 Å². The summed E-state index contributed by atoms with van der Waals surface area (Å²) in [5.74, 6) is 0. The average Bonchev–Trinajstić information content (AvgIpc) is 2.96. The van der Waals surface area contributed by atoms with Gasteiger partial charge >= 0.3 is 0 Å². The molecule has 1 nitrogen and oxygen atoms in total. The van der Waals surface area contributed by atoms with Crippen molar-refractivity contribution >= 4 is 22.9 Å². The quantitative estimate of drug-likeness (QED) is 0.897. The van der Waals surface area contributed by atoms with E-state index in [1.165, 1.54) is 36.0 Å². The van der Waals surface area contributed by atoms with Crippen molar-refractivity contribution in [3.8, 4) is 0 Å². The molecule has 1 aliphatic rings. The lowest BCUT2D eigenvalue weighted by Crippen LogP contribution is -2.12. The highest BCUT2D eigenvalue weighted by Crippen LogP contribution is 2.30. The van der Waals surface area contributed by atoms with Crippen LogP contribution in [0.3, 0.4) is 0 Å². The van der Waals surface area contributed by atoms with E-state index in [9.17, 15) is 0 Å². The topological polar surface area (TPSA) is 26.0 Å². The van der Waals surface area contributed by atoms with Crippen molar-refractivity contribution in [3.05, 3.63) is 56.2 Å². The van der Waals surface area contributed by atoms with E-state index in [0.717, 1.165) is 16.3 Å². The maximum atomic E-state index is 6.24. The molecule has 0 radical (unpaired) electrons. The second kappa shape index (κ2) is 5.04. The van der Waals surface area contributed by atoms with Crippen LogP contribution in [0.25, 0.3) is 0 Å². The number of thiophene rings is 1. The van der Waals surface area contributed by atoms with Crippen molar-refractivity contribution in [1.29, 1.82) is 0 Å². The molecule has 2 N–H and O–H groups in total. The molecule has 2 aromatic rings. The Kier molecular flexibility index (Phi) is 3.42. The van der Waals surface area contributed by atoms with Gasteiger partial charge in [-0.2, -0.15) is 0 Å². The molecule has 94 valence electrons. The molecule has 3 heteroatoms. The molecule has 0 amide bonds. The molecule has 0 aliphatic heterocycles. The standard InChI is InChI=1S/C15H16ClNS/c16-13-6-7-18-15(13)14(17)9-10-4-5-11-2-1-3-12(11)8-10/h4-8,14H,1-3,9,17H2. The number of halogens is 1. The molecule has 18 heavy (non-hydrogen) atoms. The van der Waals surface area contributed by atoms with Gasteiger partial charge in [-0.1, -0.05) is 29.8 Å². The first-order chi connectivity index (χ1) is 8.74. The second-order valence-electron chi connectivity index (χ2n) is 4.90. The Morgan fingerprint density at radius 1 is 1.22 bits per heavy atom. The summed E-state index contributed by atoms with van der Waals surface area (Å²) in [6.07, 6.45) is 4.62. The summed E-state index contributed by atoms with van der Waals surface area (Å²) in [6.45, 7) is 0. The van der Waals surface area contributed by atoms with Gasteiger partial charge in [-0.25, -0.2) is 0 Å². The number of fused-ring (bicyclic) bond motifs is 1. The van der Waals surface area contributed by atoms with Crippen molar-refractivity contribution in [2.45, 2.75) is 31.7 Å². The largest absolute Gasteiger partial charge is 0.323 e.